The lowest BCUT2D eigenvalue weighted by Crippen LogP contribution is -2.36. The van der Waals surface area contributed by atoms with Crippen LogP contribution in [0.15, 0.2) is 72.0 Å². The van der Waals surface area contributed by atoms with Crippen LogP contribution in [0, 0.1) is 5.82 Å². The molecule has 32 heavy (non-hydrogen) atoms. The van der Waals surface area contributed by atoms with E-state index in [2.05, 4.69) is 5.32 Å². The summed E-state index contributed by atoms with van der Waals surface area (Å²) in [5.74, 6) is -1.24. The number of allylic oxidation sites excluding steroid dienone is 3. The molecule has 0 saturated heterocycles. The highest BCUT2D eigenvalue weighted by atomic mass is 19.2. The van der Waals surface area contributed by atoms with Crippen molar-refractivity contribution in [3.8, 4) is 0 Å². The van der Waals surface area contributed by atoms with Crippen LogP contribution in [0.1, 0.15) is 29.3 Å². The van der Waals surface area contributed by atoms with Crippen LogP contribution in [0.5, 0.6) is 0 Å². The molecule has 1 aromatic rings. The van der Waals surface area contributed by atoms with E-state index < -0.39 is 29.5 Å². The molecule has 3 aliphatic heterocycles. The first-order valence-corrected chi connectivity index (χ1v) is 10.2. The van der Waals surface area contributed by atoms with Crippen LogP contribution in [0.25, 0.3) is 5.57 Å². The highest BCUT2D eigenvalue weighted by Gasteiger charge is 2.30. The summed E-state index contributed by atoms with van der Waals surface area (Å²) in [6.07, 6.45) is 10.6. The third-order valence-corrected chi connectivity index (χ3v) is 5.70. The summed E-state index contributed by atoms with van der Waals surface area (Å²) in [6.45, 7) is 2.88. The number of hydrogen-bond donors (Lipinski definition) is 3. The molecule has 3 aliphatic rings. The molecule has 4 rings (SSSR count). The fourth-order valence-electron chi connectivity index (χ4n) is 4.07. The van der Waals surface area contributed by atoms with E-state index in [-0.39, 0.29) is 5.56 Å². The predicted molar refractivity (Wildman–Crippen MR) is 116 cm³/mol. The van der Waals surface area contributed by atoms with Gasteiger partial charge in [-0.25, -0.2) is 9.93 Å². The molecule has 0 fully saturated rings. The van der Waals surface area contributed by atoms with E-state index in [1.165, 1.54) is 28.8 Å². The largest absolute Gasteiger partial charge is 0.383 e. The summed E-state index contributed by atoms with van der Waals surface area (Å²) in [5.41, 5.74) is 8.76. The van der Waals surface area contributed by atoms with Gasteiger partial charge in [-0.1, -0.05) is 24.3 Å². The molecule has 166 valence electrons. The predicted octanol–water partition coefficient (Wildman–Crippen LogP) is 2.44. The van der Waals surface area contributed by atoms with Gasteiger partial charge >= 0.3 is 0 Å². The van der Waals surface area contributed by atoms with Gasteiger partial charge in [0, 0.05) is 25.4 Å². The Labute approximate surface area is 184 Å². The van der Waals surface area contributed by atoms with Gasteiger partial charge in [0.15, 0.2) is 0 Å². The summed E-state index contributed by atoms with van der Waals surface area (Å²) in [6, 6.07) is 3.96. The van der Waals surface area contributed by atoms with E-state index in [0.29, 0.717) is 24.2 Å². The summed E-state index contributed by atoms with van der Waals surface area (Å²) in [5, 5.41) is 3.18. The maximum Gasteiger partial charge on any atom is 0.262 e. The van der Waals surface area contributed by atoms with Crippen molar-refractivity contribution in [2.75, 3.05) is 13.1 Å². The maximum atomic E-state index is 15.0. The molecule has 0 saturated carbocycles. The number of carbonyl (C=O) groups excluding carboxylic acids is 2. The van der Waals surface area contributed by atoms with Gasteiger partial charge in [-0.2, -0.15) is 0 Å². The van der Waals surface area contributed by atoms with E-state index in [1.807, 2.05) is 12.2 Å². The molecule has 4 N–H and O–H groups in total. The van der Waals surface area contributed by atoms with Crippen molar-refractivity contribution in [1.29, 1.82) is 0 Å². The lowest BCUT2D eigenvalue weighted by molar-refractivity contribution is -0.124. The normalized spacial score (nSPS) is 20.2. The Morgan fingerprint density at radius 2 is 2.16 bits per heavy atom. The molecule has 0 radical (unpaired) electrons. The lowest BCUT2D eigenvalue weighted by atomic mass is 9.94. The minimum Gasteiger partial charge on any atom is -0.383 e. The van der Waals surface area contributed by atoms with Gasteiger partial charge in [-0.3, -0.25) is 14.5 Å². The van der Waals surface area contributed by atoms with Crippen molar-refractivity contribution in [3.05, 3.63) is 88.9 Å². The zero-order valence-electron chi connectivity index (χ0n) is 17.4. The van der Waals surface area contributed by atoms with E-state index in [0.717, 1.165) is 23.9 Å². The Bertz CT molecular complexity index is 1120. The van der Waals surface area contributed by atoms with E-state index in [4.69, 9.17) is 5.73 Å². The first kappa shape index (κ1) is 21.4. The maximum absolute atomic E-state index is 15.0. The van der Waals surface area contributed by atoms with Gasteiger partial charge in [0.25, 0.3) is 11.8 Å². The molecule has 1 aromatic carbocycles. The molecule has 7 nitrogen and oxygen atoms in total. The minimum absolute atomic E-state index is 0.0175. The Morgan fingerprint density at radius 3 is 2.91 bits per heavy atom. The van der Waals surface area contributed by atoms with Gasteiger partial charge < -0.3 is 16.0 Å². The van der Waals surface area contributed by atoms with Gasteiger partial charge in [0.05, 0.1) is 11.6 Å². The second-order valence-corrected chi connectivity index (χ2v) is 7.64. The lowest BCUT2D eigenvalue weighted by Gasteiger charge is -2.30. The molecule has 1 unspecified atom stereocenters. The molecule has 0 aliphatic carbocycles. The fourth-order valence-corrected chi connectivity index (χ4v) is 4.07. The molecule has 1 atom stereocenters. The summed E-state index contributed by atoms with van der Waals surface area (Å²) >= 11 is 0. The highest BCUT2D eigenvalue weighted by molar-refractivity contribution is 5.97. The monoisotopic (exact) mass is 439 g/mol. The summed E-state index contributed by atoms with van der Waals surface area (Å²) in [7, 11) is 0. The van der Waals surface area contributed by atoms with Crippen molar-refractivity contribution in [1.82, 2.24) is 20.7 Å². The highest BCUT2D eigenvalue weighted by Crippen LogP contribution is 2.30. The molecular weight excluding hydrogens is 416 g/mol. The molecule has 9 heteroatoms. The average molecular weight is 439 g/mol. The van der Waals surface area contributed by atoms with Crippen LogP contribution in [0.3, 0.4) is 0 Å². The Balaban J connectivity index is 1.56. The van der Waals surface area contributed by atoms with E-state index >= 15 is 4.39 Å². The number of nitrogens with one attached hydrogen (secondary N) is 2. The molecular formula is C23H23F2N5O2. The Kier molecular flexibility index (Phi) is 5.81. The smallest absolute Gasteiger partial charge is 0.262 e. The molecule has 0 spiro atoms. The van der Waals surface area contributed by atoms with E-state index in [9.17, 15) is 14.1 Å². The number of dihydropyridines is 1. The molecule has 2 amide bonds. The van der Waals surface area contributed by atoms with E-state index in [1.54, 1.807) is 30.0 Å². The zero-order valence-corrected chi connectivity index (χ0v) is 17.4. The number of nitrogens with two attached hydrogens (primary N) is 1. The SMILES string of the molecule is CC1C(c2ccc(C(=O)N3CCC4=C3NCC=C4)c(F)c2)=CC=CN1C(=O)/C=C(\N)NF. The minimum atomic E-state index is -0.640. The summed E-state index contributed by atoms with van der Waals surface area (Å²) < 4.78 is 27.4. The number of rotatable bonds is 4. The van der Waals surface area contributed by atoms with Crippen LogP contribution in [0.4, 0.5) is 8.87 Å². The van der Waals surface area contributed by atoms with Crippen molar-refractivity contribution < 1.29 is 18.5 Å². The van der Waals surface area contributed by atoms with Crippen molar-refractivity contribution in [2.45, 2.75) is 19.4 Å². The standard InChI is InChI=1S/C23H23F2N5O2/c1-14-17(5-3-10-29(14)21(31)13-20(26)28-25)16-6-7-18(19(24)12-16)23(32)30-11-8-15-4-2-9-27-22(15)30/h2-7,10,12-14,27-28H,8-9,11,26H2,1H3/b20-13+. The number of carbonyl (C=O) groups is 2. The molecule has 0 aromatic heterocycles. The van der Waals surface area contributed by atoms with Crippen LogP contribution in [-0.2, 0) is 4.79 Å². The van der Waals surface area contributed by atoms with Crippen LogP contribution in [0.2, 0.25) is 0 Å². The number of amides is 2. The van der Waals surface area contributed by atoms with Crippen molar-refractivity contribution in [2.24, 2.45) is 5.73 Å². The quantitative estimate of drug-likeness (QED) is 0.495. The second kappa shape index (κ2) is 8.70. The van der Waals surface area contributed by atoms with Gasteiger partial charge in [-0.15, -0.1) is 4.48 Å². The third kappa shape index (κ3) is 3.89. The average Bonchev–Trinajstić information content (AvgIpc) is 3.22. The van der Waals surface area contributed by atoms with Gasteiger partial charge in [-0.05, 0) is 48.3 Å². The number of hydrogen-bond acceptors (Lipinski definition) is 5. The molecule has 0 bridgehead atoms. The first-order chi connectivity index (χ1) is 15.4. The van der Waals surface area contributed by atoms with Crippen LogP contribution < -0.4 is 16.6 Å². The summed E-state index contributed by atoms with van der Waals surface area (Å²) in [4.78, 5) is 28.3. The topological polar surface area (TPSA) is 90.7 Å². The Hall–Kier alpha value is -3.88. The van der Waals surface area contributed by atoms with Gasteiger partial charge in [0.2, 0.25) is 0 Å². The Morgan fingerprint density at radius 1 is 1.34 bits per heavy atom. The third-order valence-electron chi connectivity index (χ3n) is 5.70. The van der Waals surface area contributed by atoms with Crippen LogP contribution >= 0.6 is 0 Å². The van der Waals surface area contributed by atoms with Crippen molar-refractivity contribution >= 4 is 17.4 Å². The first-order valence-electron chi connectivity index (χ1n) is 10.2. The van der Waals surface area contributed by atoms with Gasteiger partial charge in [0.1, 0.15) is 17.5 Å². The molecule has 3 heterocycles. The zero-order chi connectivity index (χ0) is 22.8. The second-order valence-electron chi connectivity index (χ2n) is 7.64. The van der Waals surface area contributed by atoms with Crippen molar-refractivity contribution in [3.63, 3.8) is 0 Å². The number of halogens is 2. The van der Waals surface area contributed by atoms with Crippen LogP contribution in [-0.4, -0.2) is 40.7 Å². The fraction of sp³-hybridized carbons (Fsp3) is 0.217. The number of benzene rings is 1. The number of nitrogens with zero attached hydrogens (tertiary/aromatic N) is 2.